The molecule has 1 aromatic carbocycles. The summed E-state index contributed by atoms with van der Waals surface area (Å²) in [6, 6.07) is 8.08. The van der Waals surface area contributed by atoms with Crippen molar-refractivity contribution in [3.8, 4) is 0 Å². The van der Waals surface area contributed by atoms with Crippen molar-refractivity contribution in [1.29, 1.82) is 0 Å². The van der Waals surface area contributed by atoms with Crippen LogP contribution in [0.1, 0.15) is 68.6 Å². The van der Waals surface area contributed by atoms with Crippen molar-refractivity contribution in [3.05, 3.63) is 29.8 Å². The van der Waals surface area contributed by atoms with Gasteiger partial charge in [-0.25, -0.2) is 0 Å². The third-order valence-corrected chi connectivity index (χ3v) is 7.92. The average molecular weight is 382 g/mol. The standard InChI is InChI=1S/C23H31N3O2/c1-14-6-2-4-8-19(14)24-21(27)18-12-16-11-10-15(18)13-23(16)25-20-9-5-3-7-17(20)22(28)26-23/h3,5,7,9,14-16,18-19,25H,2,4,6,8,10-13H2,1H3,(H,24,27)(H,26,28)/t14?,15?,16?,18?,19?,23-/m1/s1. The molecule has 4 saturated carbocycles. The Kier molecular flexibility index (Phi) is 4.37. The van der Waals surface area contributed by atoms with Gasteiger partial charge in [0.05, 0.1) is 5.56 Å². The molecule has 1 heterocycles. The van der Waals surface area contributed by atoms with E-state index in [1.165, 1.54) is 19.3 Å². The highest BCUT2D eigenvalue weighted by Gasteiger charge is 2.55. The molecule has 6 atom stereocenters. The van der Waals surface area contributed by atoms with E-state index in [1.807, 2.05) is 24.3 Å². The fraction of sp³-hybridized carbons (Fsp3) is 0.652. The maximum absolute atomic E-state index is 13.1. The molecule has 0 radical (unpaired) electrons. The molecular formula is C23H31N3O2. The lowest BCUT2D eigenvalue weighted by Gasteiger charge is -2.56. The van der Waals surface area contributed by atoms with Crippen LogP contribution in [0.25, 0.3) is 0 Å². The van der Waals surface area contributed by atoms with E-state index in [2.05, 4.69) is 22.9 Å². The van der Waals surface area contributed by atoms with Crippen molar-refractivity contribution in [1.82, 2.24) is 10.6 Å². The van der Waals surface area contributed by atoms with Crippen molar-refractivity contribution < 1.29 is 9.59 Å². The van der Waals surface area contributed by atoms with Gasteiger partial charge in [0.25, 0.3) is 5.91 Å². The predicted octanol–water partition coefficient (Wildman–Crippen LogP) is 3.67. The van der Waals surface area contributed by atoms with Gasteiger partial charge in [-0.15, -0.1) is 0 Å². The van der Waals surface area contributed by atoms with Crippen LogP contribution in [0.3, 0.4) is 0 Å². The number of rotatable bonds is 2. The maximum Gasteiger partial charge on any atom is 0.255 e. The highest BCUT2D eigenvalue weighted by Crippen LogP contribution is 2.51. The fourth-order valence-electron chi connectivity index (χ4n) is 6.28. The first-order chi connectivity index (χ1) is 13.6. The van der Waals surface area contributed by atoms with Crippen molar-refractivity contribution in [2.45, 2.75) is 70.0 Å². The van der Waals surface area contributed by atoms with E-state index in [9.17, 15) is 9.59 Å². The number of nitrogens with one attached hydrogen (secondary N) is 3. The molecule has 0 saturated heterocycles. The van der Waals surface area contributed by atoms with E-state index in [4.69, 9.17) is 0 Å². The quantitative estimate of drug-likeness (QED) is 0.732. The molecule has 2 amide bonds. The molecule has 0 aromatic heterocycles. The summed E-state index contributed by atoms with van der Waals surface area (Å²) in [6.07, 6.45) is 8.73. The summed E-state index contributed by atoms with van der Waals surface area (Å²) in [6.45, 7) is 2.27. The van der Waals surface area contributed by atoms with Crippen molar-refractivity contribution in [2.75, 3.05) is 5.32 Å². The van der Waals surface area contributed by atoms with Crippen LogP contribution in [0.4, 0.5) is 5.69 Å². The van der Waals surface area contributed by atoms with Gasteiger partial charge < -0.3 is 16.0 Å². The van der Waals surface area contributed by atoms with Gasteiger partial charge in [0.2, 0.25) is 5.91 Å². The Hall–Kier alpha value is -2.04. The van der Waals surface area contributed by atoms with Gasteiger partial charge in [-0.2, -0.15) is 0 Å². The van der Waals surface area contributed by atoms with E-state index >= 15 is 0 Å². The zero-order valence-electron chi connectivity index (χ0n) is 16.7. The van der Waals surface area contributed by atoms with Gasteiger partial charge in [-0.3, -0.25) is 9.59 Å². The zero-order chi connectivity index (χ0) is 19.3. The van der Waals surface area contributed by atoms with Gasteiger partial charge in [0, 0.05) is 23.6 Å². The van der Waals surface area contributed by atoms with Gasteiger partial charge in [0.15, 0.2) is 0 Å². The zero-order valence-corrected chi connectivity index (χ0v) is 16.7. The summed E-state index contributed by atoms with van der Waals surface area (Å²) in [4.78, 5) is 25.8. The Bertz CT molecular complexity index is 794. The van der Waals surface area contributed by atoms with Gasteiger partial charge in [0.1, 0.15) is 5.66 Å². The normalized spacial score (nSPS) is 39.0. The Labute approximate surface area is 167 Å². The Balaban J connectivity index is 1.32. The van der Waals surface area contributed by atoms with E-state index < -0.39 is 0 Å². The molecule has 1 spiro atoms. The van der Waals surface area contributed by atoms with E-state index in [-0.39, 0.29) is 23.4 Å². The summed E-state index contributed by atoms with van der Waals surface area (Å²) in [5, 5.41) is 10.3. The van der Waals surface area contributed by atoms with Crippen molar-refractivity contribution in [3.63, 3.8) is 0 Å². The van der Waals surface area contributed by atoms with Crippen molar-refractivity contribution >= 4 is 17.5 Å². The molecule has 1 aliphatic heterocycles. The molecule has 5 nitrogen and oxygen atoms in total. The second kappa shape index (κ2) is 6.78. The fourth-order valence-corrected chi connectivity index (χ4v) is 6.28. The average Bonchev–Trinajstić information content (AvgIpc) is 2.70. The molecule has 5 heteroatoms. The van der Waals surface area contributed by atoms with Gasteiger partial charge in [-0.05, 0) is 62.5 Å². The predicted molar refractivity (Wildman–Crippen MR) is 109 cm³/mol. The number of para-hydroxylation sites is 1. The number of amides is 2. The van der Waals surface area contributed by atoms with Crippen LogP contribution in [0.15, 0.2) is 24.3 Å². The van der Waals surface area contributed by atoms with Crippen LogP contribution in [-0.2, 0) is 4.79 Å². The van der Waals surface area contributed by atoms with Crippen LogP contribution in [0.5, 0.6) is 0 Å². The summed E-state index contributed by atoms with van der Waals surface area (Å²) in [5.41, 5.74) is 1.26. The Morgan fingerprint density at radius 3 is 2.71 bits per heavy atom. The molecule has 28 heavy (non-hydrogen) atoms. The number of hydrogen-bond donors (Lipinski definition) is 3. The molecule has 5 aliphatic rings. The first kappa shape index (κ1) is 18.0. The van der Waals surface area contributed by atoms with Crippen LogP contribution in [-0.4, -0.2) is 23.5 Å². The Morgan fingerprint density at radius 1 is 1.11 bits per heavy atom. The third-order valence-electron chi connectivity index (χ3n) is 7.92. The van der Waals surface area contributed by atoms with Crippen LogP contribution in [0, 0.1) is 23.7 Å². The summed E-state index contributed by atoms with van der Waals surface area (Å²) in [7, 11) is 0. The minimum atomic E-state index is -0.386. The minimum absolute atomic E-state index is 0.0129. The number of fused-ring (bicyclic) bond motifs is 3. The van der Waals surface area contributed by atoms with Crippen molar-refractivity contribution in [2.24, 2.45) is 23.7 Å². The molecule has 1 aromatic rings. The van der Waals surface area contributed by atoms with Gasteiger partial charge >= 0.3 is 0 Å². The highest BCUT2D eigenvalue weighted by molar-refractivity contribution is 6.02. The first-order valence-corrected chi connectivity index (χ1v) is 11.1. The molecule has 2 bridgehead atoms. The van der Waals surface area contributed by atoms with Crippen LogP contribution >= 0.6 is 0 Å². The number of anilines is 1. The lowest BCUT2D eigenvalue weighted by atomic mass is 9.58. The SMILES string of the molecule is CC1CCCCC1NC(=O)C1CC2CCC1C[C@@]21NC(=O)c2ccccc2N1. The topological polar surface area (TPSA) is 70.2 Å². The van der Waals surface area contributed by atoms with Gasteiger partial charge in [-0.1, -0.05) is 31.9 Å². The number of carbonyl (C=O) groups excluding carboxylic acids is 2. The minimum Gasteiger partial charge on any atom is -0.362 e. The molecule has 4 fully saturated rings. The molecule has 5 unspecified atom stereocenters. The molecule has 3 N–H and O–H groups in total. The number of hydrogen-bond acceptors (Lipinski definition) is 3. The number of carbonyl (C=O) groups is 2. The smallest absolute Gasteiger partial charge is 0.255 e. The summed E-state index contributed by atoms with van der Waals surface area (Å²) < 4.78 is 0. The third kappa shape index (κ3) is 2.90. The molecule has 6 rings (SSSR count). The Morgan fingerprint density at radius 2 is 1.93 bits per heavy atom. The second-order valence-corrected chi connectivity index (χ2v) is 9.55. The largest absolute Gasteiger partial charge is 0.362 e. The summed E-state index contributed by atoms with van der Waals surface area (Å²) >= 11 is 0. The lowest BCUT2D eigenvalue weighted by molar-refractivity contribution is -0.133. The van der Waals surface area contributed by atoms with E-state index in [0.29, 0.717) is 23.8 Å². The van der Waals surface area contributed by atoms with Crippen LogP contribution < -0.4 is 16.0 Å². The molecule has 4 aliphatic carbocycles. The maximum atomic E-state index is 13.1. The monoisotopic (exact) mass is 381 g/mol. The van der Waals surface area contributed by atoms with E-state index in [1.54, 1.807) is 0 Å². The second-order valence-electron chi connectivity index (χ2n) is 9.55. The van der Waals surface area contributed by atoms with Crippen LogP contribution in [0.2, 0.25) is 0 Å². The highest BCUT2D eigenvalue weighted by atomic mass is 16.2. The summed E-state index contributed by atoms with van der Waals surface area (Å²) in [5.74, 6) is 1.58. The number of benzene rings is 1. The lowest BCUT2D eigenvalue weighted by Crippen LogP contribution is -2.68. The van der Waals surface area contributed by atoms with E-state index in [0.717, 1.165) is 43.4 Å². The molecular weight excluding hydrogens is 350 g/mol. The molecule has 150 valence electrons. The first-order valence-electron chi connectivity index (χ1n) is 11.1.